The van der Waals surface area contributed by atoms with E-state index in [2.05, 4.69) is 0 Å². The number of nitrogens with zero attached hydrogens (tertiary/aromatic N) is 1. The Morgan fingerprint density at radius 3 is 2.87 bits per heavy atom. The third-order valence-electron chi connectivity index (χ3n) is 1.86. The molecule has 0 saturated carbocycles. The second kappa shape index (κ2) is 5.01. The van der Waals surface area contributed by atoms with Crippen LogP contribution >= 0.6 is 0 Å². The van der Waals surface area contributed by atoms with Crippen LogP contribution in [0.4, 0.5) is 0 Å². The molecule has 1 aromatic rings. The summed E-state index contributed by atoms with van der Waals surface area (Å²) >= 11 is 0. The molecule has 0 aromatic heterocycles. The Balaban J connectivity index is 3.09. The van der Waals surface area contributed by atoms with Crippen LogP contribution in [-0.2, 0) is 6.42 Å². The molecule has 0 saturated heterocycles. The van der Waals surface area contributed by atoms with Crippen molar-refractivity contribution in [1.29, 1.82) is 5.26 Å². The van der Waals surface area contributed by atoms with E-state index in [0.29, 0.717) is 12.4 Å². The quantitative estimate of drug-likeness (QED) is 0.814. The van der Waals surface area contributed by atoms with Crippen molar-refractivity contribution in [3.63, 3.8) is 0 Å². The molecule has 0 radical (unpaired) electrons. The number of ether oxygens (including phenoxy) is 1. The number of carboxylic acids is 1. The first kappa shape index (κ1) is 11.1. The van der Waals surface area contributed by atoms with Gasteiger partial charge in [-0.25, -0.2) is 4.79 Å². The first-order chi connectivity index (χ1) is 7.19. The number of hydrogen-bond acceptors (Lipinski definition) is 3. The molecule has 0 heterocycles. The van der Waals surface area contributed by atoms with Gasteiger partial charge in [-0.1, -0.05) is 6.07 Å². The molecule has 0 spiro atoms. The molecule has 1 rings (SSSR count). The molecule has 15 heavy (non-hydrogen) atoms. The van der Waals surface area contributed by atoms with Gasteiger partial charge < -0.3 is 9.84 Å². The third kappa shape index (κ3) is 2.71. The van der Waals surface area contributed by atoms with E-state index in [0.717, 1.165) is 5.56 Å². The van der Waals surface area contributed by atoms with Gasteiger partial charge in [0.25, 0.3) is 0 Å². The SMILES string of the molecule is CCOc1cc(CC#N)ccc1C(=O)O. The summed E-state index contributed by atoms with van der Waals surface area (Å²) in [5.74, 6) is -0.709. The van der Waals surface area contributed by atoms with Gasteiger partial charge in [-0.05, 0) is 24.6 Å². The van der Waals surface area contributed by atoms with Crippen molar-refractivity contribution in [2.75, 3.05) is 6.61 Å². The summed E-state index contributed by atoms with van der Waals surface area (Å²) in [6, 6.07) is 6.67. The topological polar surface area (TPSA) is 70.3 Å². The number of nitriles is 1. The Kier molecular flexibility index (Phi) is 3.69. The molecule has 1 aromatic carbocycles. The minimum atomic E-state index is -1.03. The van der Waals surface area contributed by atoms with Crippen LogP contribution in [0.15, 0.2) is 18.2 Å². The fourth-order valence-electron chi connectivity index (χ4n) is 1.22. The molecule has 4 nitrogen and oxygen atoms in total. The zero-order chi connectivity index (χ0) is 11.3. The minimum Gasteiger partial charge on any atom is -0.493 e. The van der Waals surface area contributed by atoms with Gasteiger partial charge in [0.2, 0.25) is 0 Å². The van der Waals surface area contributed by atoms with E-state index in [1.165, 1.54) is 6.07 Å². The fourth-order valence-corrected chi connectivity index (χ4v) is 1.22. The number of carboxylic acid groups (broad SMARTS) is 1. The molecule has 4 heteroatoms. The predicted molar refractivity (Wildman–Crippen MR) is 53.9 cm³/mol. The largest absolute Gasteiger partial charge is 0.493 e. The monoisotopic (exact) mass is 205 g/mol. The van der Waals surface area contributed by atoms with Crippen molar-refractivity contribution in [1.82, 2.24) is 0 Å². The van der Waals surface area contributed by atoms with Crippen molar-refractivity contribution < 1.29 is 14.6 Å². The Morgan fingerprint density at radius 2 is 2.33 bits per heavy atom. The lowest BCUT2D eigenvalue weighted by molar-refractivity contribution is 0.0692. The van der Waals surface area contributed by atoms with Crippen molar-refractivity contribution in [3.05, 3.63) is 29.3 Å². The molecule has 0 aliphatic carbocycles. The summed E-state index contributed by atoms with van der Waals surface area (Å²) in [4.78, 5) is 10.8. The highest BCUT2D eigenvalue weighted by atomic mass is 16.5. The Hall–Kier alpha value is -2.02. The molecule has 0 unspecified atom stereocenters. The van der Waals surface area contributed by atoms with Gasteiger partial charge in [0.15, 0.2) is 0 Å². The summed E-state index contributed by atoms with van der Waals surface area (Å²) in [5, 5.41) is 17.4. The molecule has 78 valence electrons. The van der Waals surface area contributed by atoms with Gasteiger partial charge in [-0.3, -0.25) is 0 Å². The lowest BCUT2D eigenvalue weighted by Gasteiger charge is -2.07. The van der Waals surface area contributed by atoms with Crippen LogP contribution in [0.25, 0.3) is 0 Å². The maximum atomic E-state index is 10.8. The lowest BCUT2D eigenvalue weighted by atomic mass is 10.1. The smallest absolute Gasteiger partial charge is 0.339 e. The van der Waals surface area contributed by atoms with E-state index in [1.807, 2.05) is 6.07 Å². The predicted octanol–water partition coefficient (Wildman–Crippen LogP) is 1.85. The van der Waals surface area contributed by atoms with Gasteiger partial charge in [0, 0.05) is 0 Å². The van der Waals surface area contributed by atoms with E-state index in [4.69, 9.17) is 15.1 Å². The summed E-state index contributed by atoms with van der Waals surface area (Å²) in [5.41, 5.74) is 0.879. The van der Waals surface area contributed by atoms with Crippen LogP contribution in [0.5, 0.6) is 5.75 Å². The van der Waals surface area contributed by atoms with Gasteiger partial charge in [0.1, 0.15) is 11.3 Å². The highest BCUT2D eigenvalue weighted by molar-refractivity contribution is 5.91. The van der Waals surface area contributed by atoms with Crippen LogP contribution in [-0.4, -0.2) is 17.7 Å². The molecule has 0 amide bonds. The fraction of sp³-hybridized carbons (Fsp3) is 0.273. The van der Waals surface area contributed by atoms with Gasteiger partial charge in [0.05, 0.1) is 19.1 Å². The Labute approximate surface area is 87.7 Å². The van der Waals surface area contributed by atoms with E-state index >= 15 is 0 Å². The van der Waals surface area contributed by atoms with Crippen molar-refractivity contribution in [3.8, 4) is 11.8 Å². The second-order valence-corrected chi connectivity index (χ2v) is 2.90. The maximum absolute atomic E-state index is 10.8. The minimum absolute atomic E-state index is 0.124. The second-order valence-electron chi connectivity index (χ2n) is 2.90. The van der Waals surface area contributed by atoms with Crippen LogP contribution in [0.1, 0.15) is 22.8 Å². The molecular weight excluding hydrogens is 194 g/mol. The van der Waals surface area contributed by atoms with E-state index in [1.54, 1.807) is 19.1 Å². The average molecular weight is 205 g/mol. The van der Waals surface area contributed by atoms with E-state index in [9.17, 15) is 4.79 Å². The standard InChI is InChI=1S/C11H11NO3/c1-2-15-10-7-8(5-6-12)3-4-9(10)11(13)14/h3-4,7H,2,5H2,1H3,(H,13,14). The summed E-state index contributed by atoms with van der Waals surface area (Å²) in [6.07, 6.45) is 0.250. The highest BCUT2D eigenvalue weighted by Gasteiger charge is 2.11. The number of hydrogen-bond donors (Lipinski definition) is 1. The first-order valence-corrected chi connectivity index (χ1v) is 4.55. The molecule has 0 atom stereocenters. The van der Waals surface area contributed by atoms with Crippen LogP contribution in [0.2, 0.25) is 0 Å². The third-order valence-corrected chi connectivity index (χ3v) is 1.86. The Morgan fingerprint density at radius 1 is 1.60 bits per heavy atom. The molecule has 0 fully saturated rings. The first-order valence-electron chi connectivity index (χ1n) is 4.55. The van der Waals surface area contributed by atoms with Crippen molar-refractivity contribution in [2.24, 2.45) is 0 Å². The van der Waals surface area contributed by atoms with E-state index in [-0.39, 0.29) is 12.0 Å². The van der Waals surface area contributed by atoms with E-state index < -0.39 is 5.97 Å². The van der Waals surface area contributed by atoms with Gasteiger partial charge in [-0.2, -0.15) is 5.26 Å². The maximum Gasteiger partial charge on any atom is 0.339 e. The van der Waals surface area contributed by atoms with Crippen molar-refractivity contribution in [2.45, 2.75) is 13.3 Å². The lowest BCUT2D eigenvalue weighted by Crippen LogP contribution is -2.03. The van der Waals surface area contributed by atoms with Crippen LogP contribution in [0, 0.1) is 11.3 Å². The summed E-state index contributed by atoms with van der Waals surface area (Å²) < 4.78 is 5.20. The van der Waals surface area contributed by atoms with Crippen LogP contribution in [0.3, 0.4) is 0 Å². The van der Waals surface area contributed by atoms with Gasteiger partial charge >= 0.3 is 5.97 Å². The average Bonchev–Trinajstić information content (AvgIpc) is 2.18. The number of carbonyl (C=O) groups is 1. The summed E-state index contributed by atoms with van der Waals surface area (Å²) in [6.45, 7) is 2.18. The summed E-state index contributed by atoms with van der Waals surface area (Å²) in [7, 11) is 0. The molecule has 0 aliphatic heterocycles. The van der Waals surface area contributed by atoms with Gasteiger partial charge in [-0.15, -0.1) is 0 Å². The number of rotatable bonds is 4. The zero-order valence-corrected chi connectivity index (χ0v) is 8.36. The molecular formula is C11H11NO3. The number of benzene rings is 1. The highest BCUT2D eigenvalue weighted by Crippen LogP contribution is 2.20. The molecule has 0 aliphatic rings. The molecule has 1 N–H and O–H groups in total. The zero-order valence-electron chi connectivity index (χ0n) is 8.36. The van der Waals surface area contributed by atoms with Crippen molar-refractivity contribution >= 4 is 5.97 Å². The normalized spacial score (nSPS) is 9.33. The van der Waals surface area contributed by atoms with Crippen LogP contribution < -0.4 is 4.74 Å². The Bertz CT molecular complexity index is 407. The number of aromatic carboxylic acids is 1. The molecule has 0 bridgehead atoms.